The van der Waals surface area contributed by atoms with Crippen molar-refractivity contribution in [2.75, 3.05) is 0 Å². The first-order valence-corrected chi connectivity index (χ1v) is 7.25. The summed E-state index contributed by atoms with van der Waals surface area (Å²) in [5.74, 6) is 4.48. The Morgan fingerprint density at radius 3 is 2.40 bits per heavy atom. The van der Waals surface area contributed by atoms with Crippen LogP contribution < -0.4 is 0 Å². The highest BCUT2D eigenvalue weighted by Crippen LogP contribution is 2.68. The fourth-order valence-electron chi connectivity index (χ4n) is 5.03. The summed E-state index contributed by atoms with van der Waals surface area (Å²) >= 11 is 0. The third kappa shape index (κ3) is 1.40. The molecule has 4 unspecified atom stereocenters. The summed E-state index contributed by atoms with van der Waals surface area (Å²) < 4.78 is 0. The Morgan fingerprint density at radius 2 is 1.93 bits per heavy atom. The van der Waals surface area contributed by atoms with Gasteiger partial charge in [-0.2, -0.15) is 0 Å². The van der Waals surface area contributed by atoms with Crippen LogP contribution in [0, 0.1) is 29.1 Å². The predicted molar refractivity (Wildman–Crippen MR) is 64.7 cm³/mol. The van der Waals surface area contributed by atoms with Crippen LogP contribution in [0.2, 0.25) is 0 Å². The zero-order chi connectivity index (χ0) is 10.5. The Bertz CT molecular complexity index is 238. The molecule has 0 bridgehead atoms. The van der Waals surface area contributed by atoms with Crippen LogP contribution >= 0.6 is 0 Å². The molecule has 4 atom stereocenters. The van der Waals surface area contributed by atoms with Gasteiger partial charge in [-0.1, -0.05) is 46.0 Å². The van der Waals surface area contributed by atoms with Gasteiger partial charge in [0.2, 0.25) is 0 Å². The molecule has 0 heterocycles. The molecule has 0 aromatic heterocycles. The van der Waals surface area contributed by atoms with Gasteiger partial charge in [0, 0.05) is 0 Å². The summed E-state index contributed by atoms with van der Waals surface area (Å²) in [6.07, 6.45) is 12.4. The van der Waals surface area contributed by atoms with Crippen LogP contribution in [0.4, 0.5) is 0 Å². The van der Waals surface area contributed by atoms with E-state index in [9.17, 15) is 0 Å². The Balaban J connectivity index is 1.62. The molecule has 0 radical (unpaired) electrons. The quantitative estimate of drug-likeness (QED) is 0.631. The van der Waals surface area contributed by atoms with Crippen molar-refractivity contribution in [3.63, 3.8) is 0 Å². The summed E-state index contributed by atoms with van der Waals surface area (Å²) in [5.41, 5.74) is 0.826. The van der Waals surface area contributed by atoms with Crippen LogP contribution in [0.15, 0.2) is 0 Å². The van der Waals surface area contributed by atoms with Crippen molar-refractivity contribution in [3.8, 4) is 0 Å². The first kappa shape index (κ1) is 10.2. The molecule has 3 aliphatic carbocycles. The molecular weight excluding hydrogens is 180 g/mol. The highest BCUT2D eigenvalue weighted by atomic mass is 14.6. The fraction of sp³-hybridized carbons (Fsp3) is 1.00. The highest BCUT2D eigenvalue weighted by molar-refractivity contribution is 5.09. The highest BCUT2D eigenvalue weighted by Gasteiger charge is 2.60. The van der Waals surface area contributed by atoms with Gasteiger partial charge in [0.05, 0.1) is 0 Å². The Kier molecular flexibility index (Phi) is 2.37. The molecule has 0 heteroatoms. The van der Waals surface area contributed by atoms with Gasteiger partial charge in [0.1, 0.15) is 0 Å². The molecular formula is C15H26. The zero-order valence-electron chi connectivity index (χ0n) is 10.5. The van der Waals surface area contributed by atoms with Gasteiger partial charge in [0.25, 0.3) is 0 Å². The first-order chi connectivity index (χ1) is 7.25. The van der Waals surface area contributed by atoms with Gasteiger partial charge >= 0.3 is 0 Å². The summed E-state index contributed by atoms with van der Waals surface area (Å²) in [4.78, 5) is 0. The summed E-state index contributed by atoms with van der Waals surface area (Å²) in [6.45, 7) is 4.92. The van der Waals surface area contributed by atoms with Crippen molar-refractivity contribution in [2.45, 2.75) is 65.2 Å². The number of hydrogen-bond acceptors (Lipinski definition) is 0. The van der Waals surface area contributed by atoms with E-state index in [0.717, 1.165) is 29.1 Å². The lowest BCUT2D eigenvalue weighted by Crippen LogP contribution is -2.58. The minimum atomic E-state index is 0.826. The minimum Gasteiger partial charge on any atom is -0.0648 e. The van der Waals surface area contributed by atoms with Crippen molar-refractivity contribution < 1.29 is 0 Å². The minimum absolute atomic E-state index is 0.826. The van der Waals surface area contributed by atoms with Crippen LogP contribution in [0.1, 0.15) is 65.2 Å². The second-order valence-corrected chi connectivity index (χ2v) is 6.76. The maximum absolute atomic E-state index is 2.47. The lowest BCUT2D eigenvalue weighted by atomic mass is 9.39. The molecule has 0 amide bonds. The SMILES string of the molecule is CCC1(CC2CCCC2)CC2C(C)CC21. The average Bonchev–Trinajstić information content (AvgIpc) is 2.72. The monoisotopic (exact) mass is 206 g/mol. The number of fused-ring (bicyclic) bond motifs is 1. The number of hydrogen-bond donors (Lipinski definition) is 0. The number of rotatable bonds is 3. The van der Waals surface area contributed by atoms with Crippen LogP contribution in [-0.4, -0.2) is 0 Å². The molecule has 0 nitrogen and oxygen atoms in total. The van der Waals surface area contributed by atoms with E-state index in [0.29, 0.717) is 0 Å². The fourth-order valence-corrected chi connectivity index (χ4v) is 5.03. The van der Waals surface area contributed by atoms with E-state index in [4.69, 9.17) is 0 Å². The van der Waals surface area contributed by atoms with E-state index in [-0.39, 0.29) is 0 Å². The van der Waals surface area contributed by atoms with Crippen LogP contribution in [0.5, 0.6) is 0 Å². The molecule has 15 heavy (non-hydrogen) atoms. The van der Waals surface area contributed by atoms with Crippen molar-refractivity contribution >= 4 is 0 Å². The topological polar surface area (TPSA) is 0 Å². The van der Waals surface area contributed by atoms with Gasteiger partial charge in [0.15, 0.2) is 0 Å². The largest absolute Gasteiger partial charge is 0.0648 e. The van der Waals surface area contributed by atoms with Gasteiger partial charge < -0.3 is 0 Å². The standard InChI is InChI=1S/C15H26/c1-3-15(9-12-6-4-5-7-12)10-13-11(2)8-14(13)15/h11-14H,3-10H2,1-2H3. The second kappa shape index (κ2) is 3.50. The lowest BCUT2D eigenvalue weighted by molar-refractivity contribution is -0.168. The molecule has 0 N–H and O–H groups in total. The Labute approximate surface area is 94.8 Å². The van der Waals surface area contributed by atoms with Crippen molar-refractivity contribution in [2.24, 2.45) is 29.1 Å². The van der Waals surface area contributed by atoms with Crippen LogP contribution in [0.3, 0.4) is 0 Å². The molecule has 0 aromatic carbocycles. The van der Waals surface area contributed by atoms with Gasteiger partial charge in [-0.05, 0) is 48.3 Å². The summed E-state index contributed by atoms with van der Waals surface area (Å²) in [7, 11) is 0. The van der Waals surface area contributed by atoms with Gasteiger partial charge in [-0.15, -0.1) is 0 Å². The van der Waals surface area contributed by atoms with E-state index in [2.05, 4.69) is 13.8 Å². The molecule has 3 fully saturated rings. The predicted octanol–water partition coefficient (Wildman–Crippen LogP) is 4.64. The third-order valence-corrected chi connectivity index (χ3v) is 6.18. The maximum atomic E-state index is 2.47. The molecule has 0 spiro atoms. The van der Waals surface area contributed by atoms with E-state index < -0.39 is 0 Å². The molecule has 3 saturated carbocycles. The molecule has 0 saturated heterocycles. The van der Waals surface area contributed by atoms with Crippen LogP contribution in [-0.2, 0) is 0 Å². The first-order valence-electron chi connectivity index (χ1n) is 7.25. The maximum Gasteiger partial charge on any atom is -0.0263 e. The van der Waals surface area contributed by atoms with Crippen molar-refractivity contribution in [1.82, 2.24) is 0 Å². The van der Waals surface area contributed by atoms with Gasteiger partial charge in [-0.25, -0.2) is 0 Å². The van der Waals surface area contributed by atoms with Gasteiger partial charge in [-0.3, -0.25) is 0 Å². The molecule has 86 valence electrons. The van der Waals surface area contributed by atoms with E-state index >= 15 is 0 Å². The second-order valence-electron chi connectivity index (χ2n) is 6.76. The van der Waals surface area contributed by atoms with Crippen molar-refractivity contribution in [3.05, 3.63) is 0 Å². The molecule has 3 rings (SSSR count). The lowest BCUT2D eigenvalue weighted by Gasteiger charge is -2.66. The average molecular weight is 206 g/mol. The summed E-state index contributed by atoms with van der Waals surface area (Å²) in [6, 6.07) is 0. The molecule has 3 aliphatic rings. The molecule has 0 aliphatic heterocycles. The normalized spacial score (nSPS) is 49.6. The zero-order valence-corrected chi connectivity index (χ0v) is 10.5. The smallest absolute Gasteiger partial charge is 0.0263 e. The van der Waals surface area contributed by atoms with E-state index in [1.165, 1.54) is 19.3 Å². The summed E-state index contributed by atoms with van der Waals surface area (Å²) in [5, 5.41) is 0. The third-order valence-electron chi connectivity index (χ3n) is 6.18. The van der Waals surface area contributed by atoms with Crippen molar-refractivity contribution in [1.29, 1.82) is 0 Å². The molecule has 0 aromatic rings. The Morgan fingerprint density at radius 1 is 1.20 bits per heavy atom. The Hall–Kier alpha value is 0. The van der Waals surface area contributed by atoms with Crippen LogP contribution in [0.25, 0.3) is 0 Å². The van der Waals surface area contributed by atoms with E-state index in [1.54, 1.807) is 32.1 Å². The van der Waals surface area contributed by atoms with E-state index in [1.807, 2.05) is 0 Å².